The van der Waals surface area contributed by atoms with Gasteiger partial charge in [0.2, 0.25) is 5.91 Å². The highest BCUT2D eigenvalue weighted by molar-refractivity contribution is 5.93. The van der Waals surface area contributed by atoms with E-state index in [4.69, 9.17) is 5.73 Å². The zero-order valence-electron chi connectivity index (χ0n) is 12.9. The molecular formula is C17H24N2O2. The van der Waals surface area contributed by atoms with Gasteiger partial charge in [0.1, 0.15) is 0 Å². The molecule has 1 amide bonds. The fourth-order valence-corrected chi connectivity index (χ4v) is 2.72. The minimum atomic E-state index is -0.794. The lowest BCUT2D eigenvalue weighted by atomic mass is 9.89. The number of primary amides is 1. The molecule has 0 spiro atoms. The van der Waals surface area contributed by atoms with E-state index >= 15 is 0 Å². The van der Waals surface area contributed by atoms with Gasteiger partial charge in [0, 0.05) is 11.3 Å². The van der Waals surface area contributed by atoms with Crippen molar-refractivity contribution in [2.24, 2.45) is 5.73 Å². The Hall–Kier alpha value is -1.81. The number of benzene rings is 1. The van der Waals surface area contributed by atoms with Crippen LogP contribution in [-0.4, -0.2) is 22.7 Å². The van der Waals surface area contributed by atoms with Crippen molar-refractivity contribution in [3.05, 3.63) is 41.0 Å². The zero-order valence-corrected chi connectivity index (χ0v) is 12.9. The number of carbonyl (C=O) groups excluding carboxylic acids is 1. The van der Waals surface area contributed by atoms with Gasteiger partial charge < -0.3 is 16.2 Å². The number of nitrogens with one attached hydrogen (secondary N) is 1. The second kappa shape index (κ2) is 5.90. The van der Waals surface area contributed by atoms with Gasteiger partial charge >= 0.3 is 0 Å². The van der Waals surface area contributed by atoms with Crippen molar-refractivity contribution in [2.45, 2.75) is 51.7 Å². The second-order valence-electron chi connectivity index (χ2n) is 6.31. The lowest BCUT2D eigenvalue weighted by Gasteiger charge is -2.30. The first-order chi connectivity index (χ1) is 9.79. The fourth-order valence-electron chi connectivity index (χ4n) is 2.72. The Bertz CT molecular complexity index is 572. The van der Waals surface area contributed by atoms with Gasteiger partial charge in [0.25, 0.3) is 0 Å². The smallest absolute Gasteiger partial charge is 0.248 e. The maximum Gasteiger partial charge on any atom is 0.248 e. The van der Waals surface area contributed by atoms with E-state index < -0.39 is 11.5 Å². The summed E-state index contributed by atoms with van der Waals surface area (Å²) in [5, 5.41) is 14.1. The monoisotopic (exact) mass is 288 g/mol. The van der Waals surface area contributed by atoms with Crippen molar-refractivity contribution in [3.63, 3.8) is 0 Å². The molecule has 1 heterocycles. The van der Waals surface area contributed by atoms with E-state index in [9.17, 15) is 9.90 Å². The van der Waals surface area contributed by atoms with Crippen LogP contribution in [0.4, 0.5) is 5.69 Å². The second-order valence-corrected chi connectivity index (χ2v) is 6.31. The standard InChI is InChI=1S/C17H24N2O2/c1-11(2)5-4-8-17(3,21)15-10-13-9-12(16(18)20)6-7-14(13)19-15/h5-7,9,15,19,21H,4,8,10H2,1-3H3,(H2,18,20). The summed E-state index contributed by atoms with van der Waals surface area (Å²) in [6, 6.07) is 5.36. The van der Waals surface area contributed by atoms with Crippen LogP contribution in [-0.2, 0) is 6.42 Å². The summed E-state index contributed by atoms with van der Waals surface area (Å²) < 4.78 is 0. The summed E-state index contributed by atoms with van der Waals surface area (Å²) in [5.74, 6) is -0.420. The van der Waals surface area contributed by atoms with Crippen molar-refractivity contribution in [1.29, 1.82) is 0 Å². The first kappa shape index (κ1) is 15.6. The molecule has 0 aliphatic carbocycles. The number of amides is 1. The van der Waals surface area contributed by atoms with E-state index in [1.807, 2.05) is 19.1 Å². The minimum Gasteiger partial charge on any atom is -0.388 e. The number of anilines is 1. The molecule has 2 atom stereocenters. The predicted molar refractivity (Wildman–Crippen MR) is 85.4 cm³/mol. The van der Waals surface area contributed by atoms with Gasteiger partial charge in [-0.25, -0.2) is 0 Å². The van der Waals surface area contributed by atoms with Crippen molar-refractivity contribution in [3.8, 4) is 0 Å². The molecule has 4 heteroatoms. The average molecular weight is 288 g/mol. The molecule has 1 aliphatic rings. The number of nitrogens with two attached hydrogens (primary N) is 1. The van der Waals surface area contributed by atoms with Crippen LogP contribution in [0.2, 0.25) is 0 Å². The van der Waals surface area contributed by atoms with Gasteiger partial charge in [-0.05, 0) is 63.8 Å². The number of allylic oxidation sites excluding steroid dienone is 2. The van der Waals surface area contributed by atoms with Crippen molar-refractivity contribution >= 4 is 11.6 Å². The van der Waals surface area contributed by atoms with Gasteiger partial charge in [-0.2, -0.15) is 0 Å². The van der Waals surface area contributed by atoms with E-state index in [1.165, 1.54) is 5.57 Å². The topological polar surface area (TPSA) is 75.3 Å². The molecule has 1 aromatic carbocycles. The maximum atomic E-state index is 11.2. The number of rotatable bonds is 5. The summed E-state index contributed by atoms with van der Waals surface area (Å²) in [7, 11) is 0. The molecule has 1 aliphatic heterocycles. The molecule has 2 rings (SSSR count). The van der Waals surface area contributed by atoms with E-state index in [0.29, 0.717) is 18.4 Å². The van der Waals surface area contributed by atoms with E-state index in [0.717, 1.165) is 17.7 Å². The molecule has 0 saturated carbocycles. The minimum absolute atomic E-state index is 0.0406. The molecule has 0 radical (unpaired) electrons. The van der Waals surface area contributed by atoms with Crippen molar-refractivity contribution in [1.82, 2.24) is 0 Å². The highest BCUT2D eigenvalue weighted by atomic mass is 16.3. The summed E-state index contributed by atoms with van der Waals surface area (Å²) in [6.07, 6.45) is 4.41. The van der Waals surface area contributed by atoms with Crippen molar-refractivity contribution < 1.29 is 9.90 Å². The third-order valence-corrected chi connectivity index (χ3v) is 4.10. The van der Waals surface area contributed by atoms with Crippen LogP contribution in [0.1, 0.15) is 49.5 Å². The normalized spacial score (nSPS) is 19.3. The van der Waals surface area contributed by atoms with E-state index in [2.05, 4.69) is 25.2 Å². The van der Waals surface area contributed by atoms with Crippen LogP contribution >= 0.6 is 0 Å². The summed E-state index contributed by atoms with van der Waals surface area (Å²) in [5.41, 5.74) is 8.31. The van der Waals surface area contributed by atoms with Gasteiger partial charge in [0.05, 0.1) is 11.6 Å². The zero-order chi connectivity index (χ0) is 15.6. The largest absolute Gasteiger partial charge is 0.388 e. The number of fused-ring (bicyclic) bond motifs is 1. The van der Waals surface area contributed by atoms with Gasteiger partial charge in [-0.15, -0.1) is 0 Å². The first-order valence-corrected chi connectivity index (χ1v) is 7.34. The lowest BCUT2D eigenvalue weighted by molar-refractivity contribution is 0.0339. The van der Waals surface area contributed by atoms with Gasteiger partial charge in [-0.3, -0.25) is 4.79 Å². The highest BCUT2D eigenvalue weighted by Gasteiger charge is 2.35. The fraction of sp³-hybridized carbons (Fsp3) is 0.471. The van der Waals surface area contributed by atoms with Crippen LogP contribution in [0.5, 0.6) is 0 Å². The molecule has 0 fully saturated rings. The molecule has 0 aromatic heterocycles. The predicted octanol–water partition coefficient (Wildman–Crippen LogP) is 2.62. The first-order valence-electron chi connectivity index (χ1n) is 7.34. The molecule has 2 unspecified atom stereocenters. The molecular weight excluding hydrogens is 264 g/mol. The molecule has 0 saturated heterocycles. The Kier molecular flexibility index (Phi) is 4.37. The summed E-state index contributed by atoms with van der Waals surface area (Å²) in [4.78, 5) is 11.2. The number of hydrogen-bond donors (Lipinski definition) is 3. The third-order valence-electron chi connectivity index (χ3n) is 4.10. The van der Waals surface area contributed by atoms with Crippen LogP contribution in [0, 0.1) is 0 Å². The summed E-state index contributed by atoms with van der Waals surface area (Å²) in [6.45, 7) is 5.98. The molecule has 4 nitrogen and oxygen atoms in total. The third kappa shape index (κ3) is 3.64. The SMILES string of the molecule is CC(C)=CCCC(C)(O)C1Cc2cc(C(N)=O)ccc2N1. The average Bonchev–Trinajstić information content (AvgIpc) is 2.81. The number of carbonyl (C=O) groups is 1. The lowest BCUT2D eigenvalue weighted by Crippen LogP contribution is -2.43. The van der Waals surface area contributed by atoms with E-state index in [1.54, 1.807) is 6.07 Å². The van der Waals surface area contributed by atoms with E-state index in [-0.39, 0.29) is 6.04 Å². The van der Waals surface area contributed by atoms with Crippen LogP contribution in [0.25, 0.3) is 0 Å². The van der Waals surface area contributed by atoms with Crippen LogP contribution < -0.4 is 11.1 Å². The molecule has 114 valence electrons. The quantitative estimate of drug-likeness (QED) is 0.729. The van der Waals surface area contributed by atoms with Crippen LogP contribution in [0.3, 0.4) is 0 Å². The maximum absolute atomic E-state index is 11.2. The van der Waals surface area contributed by atoms with Gasteiger partial charge in [-0.1, -0.05) is 11.6 Å². The molecule has 0 bridgehead atoms. The Balaban J connectivity index is 2.07. The molecule has 1 aromatic rings. The molecule has 21 heavy (non-hydrogen) atoms. The number of aliphatic hydroxyl groups is 1. The Morgan fingerprint density at radius 2 is 2.24 bits per heavy atom. The van der Waals surface area contributed by atoms with Crippen LogP contribution in [0.15, 0.2) is 29.8 Å². The molecule has 4 N–H and O–H groups in total. The highest BCUT2D eigenvalue weighted by Crippen LogP contribution is 2.33. The number of hydrogen-bond acceptors (Lipinski definition) is 3. The van der Waals surface area contributed by atoms with Gasteiger partial charge in [0.15, 0.2) is 0 Å². The Morgan fingerprint density at radius 1 is 1.52 bits per heavy atom. The Morgan fingerprint density at radius 3 is 2.86 bits per heavy atom. The summed E-state index contributed by atoms with van der Waals surface area (Å²) >= 11 is 0. The Labute approximate surface area is 126 Å². The van der Waals surface area contributed by atoms with Crippen molar-refractivity contribution in [2.75, 3.05) is 5.32 Å².